The number of hydrogen-bond donors (Lipinski definition) is 0. The number of carbonyl (C=O) groups is 1. The second kappa shape index (κ2) is 4.12. The van der Waals surface area contributed by atoms with Crippen molar-refractivity contribution >= 4 is 5.97 Å². The highest BCUT2D eigenvalue weighted by molar-refractivity contribution is 5.78. The van der Waals surface area contributed by atoms with Crippen molar-refractivity contribution in [3.63, 3.8) is 0 Å². The number of rotatable bonds is 4. The van der Waals surface area contributed by atoms with Crippen molar-refractivity contribution in [1.29, 1.82) is 0 Å². The monoisotopic (exact) mass is 184 g/mol. The van der Waals surface area contributed by atoms with Crippen molar-refractivity contribution < 1.29 is 9.53 Å². The SMILES string of the molecule is CCCCCC1CC(C)(C)C(=O)O1. The molecule has 2 nitrogen and oxygen atoms in total. The molecule has 0 N–H and O–H groups in total. The highest BCUT2D eigenvalue weighted by Crippen LogP contribution is 2.34. The Morgan fingerprint density at radius 1 is 1.46 bits per heavy atom. The molecule has 0 aliphatic carbocycles. The van der Waals surface area contributed by atoms with Crippen LogP contribution in [0.2, 0.25) is 0 Å². The van der Waals surface area contributed by atoms with Gasteiger partial charge in [-0.25, -0.2) is 0 Å². The van der Waals surface area contributed by atoms with Gasteiger partial charge in [0.2, 0.25) is 0 Å². The zero-order valence-corrected chi connectivity index (χ0v) is 8.93. The molecule has 1 aliphatic rings. The fourth-order valence-electron chi connectivity index (χ4n) is 1.79. The van der Waals surface area contributed by atoms with Crippen LogP contribution < -0.4 is 0 Å². The standard InChI is InChI=1S/C11H20O2/c1-4-5-6-7-9-8-11(2,3)10(12)13-9/h9H,4-8H2,1-3H3. The second-order valence-corrected chi connectivity index (χ2v) is 4.61. The summed E-state index contributed by atoms with van der Waals surface area (Å²) in [5, 5.41) is 0. The van der Waals surface area contributed by atoms with Crippen molar-refractivity contribution in [1.82, 2.24) is 0 Å². The highest BCUT2D eigenvalue weighted by Gasteiger charge is 2.40. The van der Waals surface area contributed by atoms with Gasteiger partial charge in [0.05, 0.1) is 5.41 Å². The normalized spacial score (nSPS) is 26.1. The fraction of sp³-hybridized carbons (Fsp3) is 0.909. The van der Waals surface area contributed by atoms with E-state index in [1.54, 1.807) is 0 Å². The third-order valence-corrected chi connectivity index (χ3v) is 2.69. The van der Waals surface area contributed by atoms with E-state index in [1.807, 2.05) is 13.8 Å². The lowest BCUT2D eigenvalue weighted by Gasteiger charge is -2.09. The Morgan fingerprint density at radius 2 is 2.15 bits per heavy atom. The predicted molar refractivity (Wildman–Crippen MR) is 52.4 cm³/mol. The Kier molecular flexibility index (Phi) is 3.34. The summed E-state index contributed by atoms with van der Waals surface area (Å²) < 4.78 is 5.28. The van der Waals surface area contributed by atoms with Gasteiger partial charge in [-0.3, -0.25) is 4.79 Å². The maximum atomic E-state index is 11.3. The zero-order valence-electron chi connectivity index (χ0n) is 8.93. The second-order valence-electron chi connectivity index (χ2n) is 4.61. The van der Waals surface area contributed by atoms with Gasteiger partial charge in [0.15, 0.2) is 0 Å². The highest BCUT2D eigenvalue weighted by atomic mass is 16.6. The molecule has 0 amide bonds. The van der Waals surface area contributed by atoms with E-state index in [2.05, 4.69) is 6.92 Å². The van der Waals surface area contributed by atoms with Crippen molar-refractivity contribution in [2.45, 2.75) is 59.0 Å². The van der Waals surface area contributed by atoms with Crippen molar-refractivity contribution in [3.05, 3.63) is 0 Å². The van der Waals surface area contributed by atoms with Gasteiger partial charge in [-0.2, -0.15) is 0 Å². The third kappa shape index (κ3) is 2.71. The summed E-state index contributed by atoms with van der Waals surface area (Å²) in [6, 6.07) is 0. The number of cyclic esters (lactones) is 1. The summed E-state index contributed by atoms with van der Waals surface area (Å²) in [7, 11) is 0. The van der Waals surface area contributed by atoms with E-state index in [1.165, 1.54) is 19.3 Å². The lowest BCUT2D eigenvalue weighted by molar-refractivity contribution is -0.147. The molecule has 1 saturated heterocycles. The fourth-order valence-corrected chi connectivity index (χ4v) is 1.79. The third-order valence-electron chi connectivity index (χ3n) is 2.69. The van der Waals surface area contributed by atoms with E-state index in [-0.39, 0.29) is 17.5 Å². The molecule has 0 aromatic rings. The zero-order chi connectivity index (χ0) is 9.90. The number of unbranched alkanes of at least 4 members (excludes halogenated alkanes) is 2. The minimum Gasteiger partial charge on any atom is -0.462 e. The molecule has 1 atom stereocenters. The minimum atomic E-state index is -0.239. The van der Waals surface area contributed by atoms with Crippen LogP contribution in [0.1, 0.15) is 52.9 Å². The molecule has 0 saturated carbocycles. The number of ether oxygens (including phenoxy) is 1. The van der Waals surface area contributed by atoms with Gasteiger partial charge in [-0.15, -0.1) is 0 Å². The van der Waals surface area contributed by atoms with Crippen LogP contribution >= 0.6 is 0 Å². The molecule has 0 aromatic heterocycles. The summed E-state index contributed by atoms with van der Waals surface area (Å²) in [5.41, 5.74) is -0.239. The van der Waals surface area contributed by atoms with E-state index in [9.17, 15) is 4.79 Å². The molecule has 1 rings (SSSR count). The Labute approximate surface area is 80.7 Å². The molecular formula is C11H20O2. The van der Waals surface area contributed by atoms with Gasteiger partial charge >= 0.3 is 5.97 Å². The maximum Gasteiger partial charge on any atom is 0.311 e. The van der Waals surface area contributed by atoms with E-state index in [0.717, 1.165) is 12.8 Å². The quantitative estimate of drug-likeness (QED) is 0.496. The molecule has 0 aromatic carbocycles. The molecule has 1 heterocycles. The Bertz CT molecular complexity index is 185. The lowest BCUT2D eigenvalue weighted by Crippen LogP contribution is -2.16. The average Bonchev–Trinajstić information content (AvgIpc) is 2.27. The maximum absolute atomic E-state index is 11.3. The number of esters is 1. The van der Waals surface area contributed by atoms with E-state index in [0.29, 0.717) is 0 Å². The van der Waals surface area contributed by atoms with Gasteiger partial charge in [-0.1, -0.05) is 19.8 Å². The van der Waals surface area contributed by atoms with Crippen LogP contribution in [0.25, 0.3) is 0 Å². The van der Waals surface area contributed by atoms with Gasteiger partial charge in [0, 0.05) is 0 Å². The van der Waals surface area contributed by atoms with Crippen LogP contribution in [0, 0.1) is 5.41 Å². The molecule has 2 heteroatoms. The van der Waals surface area contributed by atoms with E-state index >= 15 is 0 Å². The van der Waals surface area contributed by atoms with Crippen molar-refractivity contribution in [2.24, 2.45) is 5.41 Å². The van der Waals surface area contributed by atoms with Crippen LogP contribution in [0.5, 0.6) is 0 Å². The Morgan fingerprint density at radius 3 is 2.62 bits per heavy atom. The molecule has 1 aliphatic heterocycles. The van der Waals surface area contributed by atoms with Crippen LogP contribution in [0.4, 0.5) is 0 Å². The smallest absolute Gasteiger partial charge is 0.311 e. The van der Waals surface area contributed by atoms with Gasteiger partial charge < -0.3 is 4.74 Å². The predicted octanol–water partition coefficient (Wildman–Crippen LogP) is 2.91. The van der Waals surface area contributed by atoms with Crippen molar-refractivity contribution in [3.8, 4) is 0 Å². The molecule has 0 spiro atoms. The van der Waals surface area contributed by atoms with Crippen LogP contribution in [0.3, 0.4) is 0 Å². The molecular weight excluding hydrogens is 164 g/mol. The van der Waals surface area contributed by atoms with Gasteiger partial charge in [-0.05, 0) is 33.1 Å². The Balaban J connectivity index is 2.28. The number of hydrogen-bond acceptors (Lipinski definition) is 2. The van der Waals surface area contributed by atoms with Crippen molar-refractivity contribution in [2.75, 3.05) is 0 Å². The van der Waals surface area contributed by atoms with Crippen LogP contribution in [-0.2, 0) is 9.53 Å². The van der Waals surface area contributed by atoms with Gasteiger partial charge in [0.25, 0.3) is 0 Å². The largest absolute Gasteiger partial charge is 0.462 e. The number of carbonyl (C=O) groups excluding carboxylic acids is 1. The summed E-state index contributed by atoms with van der Waals surface area (Å²) in [4.78, 5) is 11.3. The summed E-state index contributed by atoms with van der Waals surface area (Å²) in [6.07, 6.45) is 5.79. The average molecular weight is 184 g/mol. The molecule has 76 valence electrons. The first-order chi connectivity index (χ1) is 6.06. The summed E-state index contributed by atoms with van der Waals surface area (Å²) in [5.74, 6) is -0.0194. The Hall–Kier alpha value is -0.530. The molecule has 0 radical (unpaired) electrons. The van der Waals surface area contributed by atoms with Crippen LogP contribution in [-0.4, -0.2) is 12.1 Å². The lowest BCUT2D eigenvalue weighted by atomic mass is 9.88. The first kappa shape index (κ1) is 10.6. The molecule has 13 heavy (non-hydrogen) atoms. The molecule has 1 unspecified atom stereocenters. The molecule has 0 bridgehead atoms. The topological polar surface area (TPSA) is 26.3 Å². The first-order valence-corrected chi connectivity index (χ1v) is 5.27. The van der Waals surface area contributed by atoms with Crippen LogP contribution in [0.15, 0.2) is 0 Å². The molecule has 1 fully saturated rings. The summed E-state index contributed by atoms with van der Waals surface area (Å²) >= 11 is 0. The minimum absolute atomic E-state index is 0.0194. The van der Waals surface area contributed by atoms with E-state index in [4.69, 9.17) is 4.74 Å². The van der Waals surface area contributed by atoms with E-state index < -0.39 is 0 Å². The summed E-state index contributed by atoms with van der Waals surface area (Å²) in [6.45, 7) is 6.12. The first-order valence-electron chi connectivity index (χ1n) is 5.27. The van der Waals surface area contributed by atoms with Gasteiger partial charge in [0.1, 0.15) is 6.10 Å².